The van der Waals surface area contributed by atoms with Gasteiger partial charge in [-0.2, -0.15) is 0 Å². The van der Waals surface area contributed by atoms with E-state index in [9.17, 15) is 9.18 Å². The van der Waals surface area contributed by atoms with Gasteiger partial charge in [0.25, 0.3) is 0 Å². The summed E-state index contributed by atoms with van der Waals surface area (Å²) < 4.78 is 14.0. The first kappa shape index (κ1) is 19.5. The summed E-state index contributed by atoms with van der Waals surface area (Å²) >= 11 is 6.08. The Morgan fingerprint density at radius 3 is 2.52 bits per heavy atom. The third kappa shape index (κ3) is 4.54. The van der Waals surface area contributed by atoms with E-state index in [0.717, 1.165) is 26.2 Å². The normalized spacial score (nSPS) is 16.2. The third-order valence-electron chi connectivity index (χ3n) is 4.89. The fraction of sp³-hybridized carbons (Fsp3) is 0.421. The SMILES string of the molecule is CC(C(=O)N(C)Cc1c(F)cccc1Cl)N1CCN(c2ncccn2)CC1. The van der Waals surface area contributed by atoms with Crippen LogP contribution < -0.4 is 4.90 Å². The van der Waals surface area contributed by atoms with Crippen molar-refractivity contribution in [2.24, 2.45) is 0 Å². The zero-order valence-electron chi connectivity index (χ0n) is 15.5. The number of piperazine rings is 1. The molecule has 6 nitrogen and oxygen atoms in total. The van der Waals surface area contributed by atoms with Crippen molar-refractivity contribution in [1.82, 2.24) is 19.8 Å². The highest BCUT2D eigenvalue weighted by Gasteiger charge is 2.28. The van der Waals surface area contributed by atoms with Crippen molar-refractivity contribution < 1.29 is 9.18 Å². The quantitative estimate of drug-likeness (QED) is 0.783. The molecule has 3 rings (SSSR count). The van der Waals surface area contributed by atoms with Crippen LogP contribution in [-0.4, -0.2) is 64.9 Å². The monoisotopic (exact) mass is 391 g/mol. The van der Waals surface area contributed by atoms with Gasteiger partial charge in [0, 0.05) is 62.8 Å². The van der Waals surface area contributed by atoms with Gasteiger partial charge in [0.1, 0.15) is 5.82 Å². The van der Waals surface area contributed by atoms with E-state index in [4.69, 9.17) is 11.6 Å². The fourth-order valence-electron chi connectivity index (χ4n) is 3.24. The minimum absolute atomic E-state index is 0.0567. The number of benzene rings is 1. The average molecular weight is 392 g/mol. The molecule has 0 spiro atoms. The maximum atomic E-state index is 14.0. The standard InChI is InChI=1S/C19H23ClFN5O/c1-14(18(27)24(2)13-15-16(20)5-3-6-17(15)21)25-9-11-26(12-10-25)19-22-7-4-8-23-19/h3-8,14H,9-13H2,1-2H3. The molecule has 1 amide bonds. The van der Waals surface area contributed by atoms with E-state index in [0.29, 0.717) is 16.5 Å². The van der Waals surface area contributed by atoms with Gasteiger partial charge in [-0.1, -0.05) is 17.7 Å². The minimum Gasteiger partial charge on any atom is -0.340 e. The molecule has 1 aliphatic rings. The van der Waals surface area contributed by atoms with Crippen molar-refractivity contribution in [2.45, 2.75) is 19.5 Å². The Kier molecular flexibility index (Phi) is 6.23. The Morgan fingerprint density at radius 1 is 1.22 bits per heavy atom. The molecule has 0 bridgehead atoms. The van der Waals surface area contributed by atoms with Gasteiger partial charge in [0.2, 0.25) is 11.9 Å². The second-order valence-corrected chi connectivity index (χ2v) is 7.05. The van der Waals surface area contributed by atoms with Crippen LogP contribution in [0.4, 0.5) is 10.3 Å². The van der Waals surface area contributed by atoms with Gasteiger partial charge in [-0.05, 0) is 25.1 Å². The predicted molar refractivity (Wildman–Crippen MR) is 103 cm³/mol. The highest BCUT2D eigenvalue weighted by Crippen LogP contribution is 2.21. The van der Waals surface area contributed by atoms with E-state index in [1.54, 1.807) is 37.6 Å². The van der Waals surface area contributed by atoms with Gasteiger partial charge in [-0.3, -0.25) is 9.69 Å². The van der Waals surface area contributed by atoms with Gasteiger partial charge in [0.05, 0.1) is 6.04 Å². The minimum atomic E-state index is -0.397. The lowest BCUT2D eigenvalue weighted by Crippen LogP contribution is -2.54. The Labute approximate surface area is 163 Å². The van der Waals surface area contributed by atoms with Crippen molar-refractivity contribution in [2.75, 3.05) is 38.1 Å². The predicted octanol–water partition coefficient (Wildman–Crippen LogP) is 2.44. The van der Waals surface area contributed by atoms with Crippen molar-refractivity contribution >= 4 is 23.5 Å². The van der Waals surface area contributed by atoms with Crippen LogP contribution >= 0.6 is 11.6 Å². The van der Waals surface area contributed by atoms with Crippen LogP contribution in [0.3, 0.4) is 0 Å². The van der Waals surface area contributed by atoms with E-state index >= 15 is 0 Å². The Hall–Kier alpha value is -2.25. The molecule has 1 aromatic carbocycles. The zero-order chi connectivity index (χ0) is 19.4. The average Bonchev–Trinajstić information content (AvgIpc) is 2.70. The number of hydrogen-bond acceptors (Lipinski definition) is 5. The van der Waals surface area contributed by atoms with Crippen LogP contribution in [0.2, 0.25) is 5.02 Å². The van der Waals surface area contributed by atoms with Crippen LogP contribution in [0.1, 0.15) is 12.5 Å². The summed E-state index contributed by atoms with van der Waals surface area (Å²) in [5, 5.41) is 0.332. The molecule has 2 heterocycles. The number of aromatic nitrogens is 2. The first-order valence-corrected chi connectivity index (χ1v) is 9.29. The number of rotatable bonds is 5. The molecule has 0 aliphatic carbocycles. The first-order chi connectivity index (χ1) is 13.0. The number of carbonyl (C=O) groups excluding carboxylic acids is 1. The van der Waals surface area contributed by atoms with Crippen molar-refractivity contribution in [3.8, 4) is 0 Å². The van der Waals surface area contributed by atoms with Crippen LogP contribution in [0.5, 0.6) is 0 Å². The second-order valence-electron chi connectivity index (χ2n) is 6.64. The smallest absolute Gasteiger partial charge is 0.239 e. The van der Waals surface area contributed by atoms with Gasteiger partial charge >= 0.3 is 0 Å². The third-order valence-corrected chi connectivity index (χ3v) is 5.24. The number of carbonyl (C=O) groups is 1. The van der Waals surface area contributed by atoms with Gasteiger partial charge in [-0.15, -0.1) is 0 Å². The van der Waals surface area contributed by atoms with E-state index in [-0.39, 0.29) is 18.5 Å². The summed E-state index contributed by atoms with van der Waals surface area (Å²) in [6, 6.07) is 6.04. The van der Waals surface area contributed by atoms with E-state index < -0.39 is 5.82 Å². The van der Waals surface area contributed by atoms with Crippen LogP contribution in [-0.2, 0) is 11.3 Å². The number of anilines is 1. The summed E-state index contributed by atoms with van der Waals surface area (Å²) in [5.41, 5.74) is 0.341. The van der Waals surface area contributed by atoms with Gasteiger partial charge in [-0.25, -0.2) is 14.4 Å². The number of hydrogen-bond donors (Lipinski definition) is 0. The molecule has 144 valence electrons. The van der Waals surface area contributed by atoms with E-state index in [1.807, 2.05) is 6.92 Å². The summed E-state index contributed by atoms with van der Waals surface area (Å²) in [5.74, 6) is 0.257. The van der Waals surface area contributed by atoms with Gasteiger partial charge in [0.15, 0.2) is 0 Å². The molecule has 0 N–H and O–H groups in total. The maximum Gasteiger partial charge on any atom is 0.239 e. The zero-order valence-corrected chi connectivity index (χ0v) is 16.2. The lowest BCUT2D eigenvalue weighted by Gasteiger charge is -2.38. The van der Waals surface area contributed by atoms with Crippen molar-refractivity contribution in [3.63, 3.8) is 0 Å². The molecule has 1 aromatic heterocycles. The summed E-state index contributed by atoms with van der Waals surface area (Å²) in [7, 11) is 1.68. The largest absolute Gasteiger partial charge is 0.340 e. The summed E-state index contributed by atoms with van der Waals surface area (Å²) in [6.45, 7) is 5.01. The molecule has 0 radical (unpaired) electrons. The van der Waals surface area contributed by atoms with Crippen LogP contribution in [0, 0.1) is 5.82 Å². The van der Waals surface area contributed by atoms with Crippen LogP contribution in [0.25, 0.3) is 0 Å². The van der Waals surface area contributed by atoms with Crippen molar-refractivity contribution in [1.29, 1.82) is 0 Å². The first-order valence-electron chi connectivity index (χ1n) is 8.91. The molecular weight excluding hydrogens is 369 g/mol. The van der Waals surface area contributed by atoms with Gasteiger partial charge < -0.3 is 9.80 Å². The lowest BCUT2D eigenvalue weighted by molar-refractivity contribution is -0.135. The second kappa shape index (κ2) is 8.63. The van der Waals surface area contributed by atoms with Crippen LogP contribution in [0.15, 0.2) is 36.7 Å². The molecule has 8 heteroatoms. The molecule has 1 saturated heterocycles. The number of amides is 1. The van der Waals surface area contributed by atoms with E-state index in [2.05, 4.69) is 19.8 Å². The van der Waals surface area contributed by atoms with E-state index in [1.165, 1.54) is 11.0 Å². The number of halogens is 2. The Balaban J connectivity index is 1.57. The fourth-order valence-corrected chi connectivity index (χ4v) is 3.46. The molecular formula is C19H23ClFN5O. The number of nitrogens with zero attached hydrogens (tertiary/aromatic N) is 5. The molecule has 1 unspecified atom stereocenters. The summed E-state index contributed by atoms with van der Waals surface area (Å²) in [6.07, 6.45) is 3.45. The number of likely N-dealkylation sites (N-methyl/N-ethyl adjacent to an activating group) is 1. The maximum absolute atomic E-state index is 14.0. The molecule has 1 fully saturated rings. The highest BCUT2D eigenvalue weighted by atomic mass is 35.5. The topological polar surface area (TPSA) is 52.6 Å². The molecule has 1 atom stereocenters. The Morgan fingerprint density at radius 2 is 1.89 bits per heavy atom. The summed E-state index contributed by atoms with van der Waals surface area (Å²) in [4.78, 5) is 27.1. The lowest BCUT2D eigenvalue weighted by atomic mass is 10.1. The molecule has 27 heavy (non-hydrogen) atoms. The van der Waals surface area contributed by atoms with Crippen molar-refractivity contribution in [3.05, 3.63) is 53.1 Å². The molecule has 2 aromatic rings. The Bertz CT molecular complexity index is 763. The molecule has 0 saturated carbocycles. The highest BCUT2D eigenvalue weighted by molar-refractivity contribution is 6.31. The molecule has 1 aliphatic heterocycles.